The summed E-state index contributed by atoms with van der Waals surface area (Å²) in [6, 6.07) is 23.5. The summed E-state index contributed by atoms with van der Waals surface area (Å²) >= 11 is 0. The Morgan fingerprint density at radius 3 is 2.33 bits per heavy atom. The second-order valence-corrected chi connectivity index (χ2v) is 7.29. The van der Waals surface area contributed by atoms with Crippen molar-refractivity contribution in [3.8, 4) is 6.07 Å². The average molecular weight is 449 g/mol. The SMILES string of the molecule is CCN(Cc1ccccc1)c1ccc(C=C(C#N)C(=O)Nc2cccc(C(F)(F)F)c2)cc1. The lowest BCUT2D eigenvalue weighted by Gasteiger charge is -2.23. The largest absolute Gasteiger partial charge is 0.416 e. The van der Waals surface area contributed by atoms with Gasteiger partial charge in [0.25, 0.3) is 5.91 Å². The van der Waals surface area contributed by atoms with E-state index in [0.717, 1.165) is 30.9 Å². The molecule has 0 saturated heterocycles. The van der Waals surface area contributed by atoms with Crippen LogP contribution < -0.4 is 10.2 Å². The van der Waals surface area contributed by atoms with E-state index >= 15 is 0 Å². The second-order valence-electron chi connectivity index (χ2n) is 7.29. The van der Waals surface area contributed by atoms with Gasteiger partial charge < -0.3 is 10.2 Å². The summed E-state index contributed by atoms with van der Waals surface area (Å²) in [5, 5.41) is 11.8. The number of carbonyl (C=O) groups is 1. The summed E-state index contributed by atoms with van der Waals surface area (Å²) < 4.78 is 38.6. The summed E-state index contributed by atoms with van der Waals surface area (Å²) in [7, 11) is 0. The third kappa shape index (κ3) is 6.47. The van der Waals surface area contributed by atoms with Crippen LogP contribution in [0.2, 0.25) is 0 Å². The Bertz CT molecular complexity index is 1160. The molecule has 0 aliphatic carbocycles. The van der Waals surface area contributed by atoms with Crippen molar-refractivity contribution >= 4 is 23.4 Å². The zero-order chi connectivity index (χ0) is 23.8. The highest BCUT2D eigenvalue weighted by Crippen LogP contribution is 2.30. The molecule has 7 heteroatoms. The Labute approximate surface area is 190 Å². The van der Waals surface area contributed by atoms with Crippen LogP contribution in [-0.2, 0) is 17.5 Å². The number of carbonyl (C=O) groups excluding carboxylic acids is 1. The summed E-state index contributed by atoms with van der Waals surface area (Å²) in [4.78, 5) is 14.6. The number of benzene rings is 3. The Morgan fingerprint density at radius 2 is 1.73 bits per heavy atom. The molecule has 168 valence electrons. The lowest BCUT2D eigenvalue weighted by atomic mass is 10.1. The number of amides is 1. The fourth-order valence-electron chi connectivity index (χ4n) is 3.26. The molecule has 0 saturated carbocycles. The molecule has 0 aromatic heterocycles. The van der Waals surface area contributed by atoms with E-state index in [0.29, 0.717) is 5.56 Å². The van der Waals surface area contributed by atoms with Crippen LogP contribution in [0.1, 0.15) is 23.6 Å². The van der Waals surface area contributed by atoms with E-state index in [9.17, 15) is 23.2 Å². The predicted molar refractivity (Wildman–Crippen MR) is 123 cm³/mol. The summed E-state index contributed by atoms with van der Waals surface area (Å²) in [6.45, 7) is 3.60. The number of nitriles is 1. The van der Waals surface area contributed by atoms with Gasteiger partial charge in [0.05, 0.1) is 5.56 Å². The Balaban J connectivity index is 1.73. The van der Waals surface area contributed by atoms with Gasteiger partial charge in [0.1, 0.15) is 11.6 Å². The molecule has 0 spiro atoms. The number of halogens is 3. The normalized spacial score (nSPS) is 11.5. The van der Waals surface area contributed by atoms with E-state index in [-0.39, 0.29) is 11.3 Å². The van der Waals surface area contributed by atoms with Gasteiger partial charge in [-0.3, -0.25) is 4.79 Å². The minimum atomic E-state index is -4.52. The van der Waals surface area contributed by atoms with E-state index in [2.05, 4.69) is 29.3 Å². The van der Waals surface area contributed by atoms with Crippen molar-refractivity contribution in [3.63, 3.8) is 0 Å². The highest BCUT2D eigenvalue weighted by atomic mass is 19.4. The lowest BCUT2D eigenvalue weighted by molar-refractivity contribution is -0.137. The van der Waals surface area contributed by atoms with Crippen LogP contribution in [0, 0.1) is 11.3 Å². The molecule has 3 aromatic rings. The molecule has 0 aliphatic rings. The minimum Gasteiger partial charge on any atom is -0.367 e. The van der Waals surface area contributed by atoms with Crippen LogP contribution in [-0.4, -0.2) is 12.5 Å². The lowest BCUT2D eigenvalue weighted by Crippen LogP contribution is -2.21. The quantitative estimate of drug-likeness (QED) is 0.341. The van der Waals surface area contributed by atoms with E-state index in [1.807, 2.05) is 36.4 Å². The summed E-state index contributed by atoms with van der Waals surface area (Å²) in [5.74, 6) is -0.778. The maximum Gasteiger partial charge on any atom is 0.416 e. The first-order chi connectivity index (χ1) is 15.8. The standard InChI is InChI=1S/C26H22F3N3O/c1-2-32(18-20-7-4-3-5-8-20)24-13-11-19(12-14-24)15-21(17-30)25(33)31-23-10-6-9-22(16-23)26(27,28)29/h3-16H,2,18H2,1H3,(H,31,33). The van der Waals surface area contributed by atoms with Crippen molar-refractivity contribution < 1.29 is 18.0 Å². The van der Waals surface area contributed by atoms with E-state index < -0.39 is 17.6 Å². The predicted octanol–water partition coefficient (Wildman–Crippen LogP) is 6.28. The minimum absolute atomic E-state index is 0.0363. The van der Waals surface area contributed by atoms with Gasteiger partial charge >= 0.3 is 6.18 Å². The second kappa shape index (κ2) is 10.5. The molecule has 3 rings (SSSR count). The summed E-state index contributed by atoms with van der Waals surface area (Å²) in [6.07, 6.45) is -3.12. The number of alkyl halides is 3. The maximum absolute atomic E-state index is 12.9. The smallest absolute Gasteiger partial charge is 0.367 e. The van der Waals surface area contributed by atoms with Crippen LogP contribution in [0.15, 0.2) is 84.4 Å². The molecule has 33 heavy (non-hydrogen) atoms. The monoisotopic (exact) mass is 449 g/mol. The highest BCUT2D eigenvalue weighted by Gasteiger charge is 2.30. The Kier molecular flexibility index (Phi) is 7.52. The van der Waals surface area contributed by atoms with Crippen LogP contribution in [0.25, 0.3) is 6.08 Å². The topological polar surface area (TPSA) is 56.1 Å². The van der Waals surface area contributed by atoms with Gasteiger partial charge in [-0.15, -0.1) is 0 Å². The fourth-order valence-corrected chi connectivity index (χ4v) is 3.26. The zero-order valence-electron chi connectivity index (χ0n) is 17.9. The first-order valence-corrected chi connectivity index (χ1v) is 10.3. The first-order valence-electron chi connectivity index (χ1n) is 10.3. The van der Waals surface area contributed by atoms with Crippen LogP contribution in [0.3, 0.4) is 0 Å². The van der Waals surface area contributed by atoms with Gasteiger partial charge in [-0.05, 0) is 54.5 Å². The highest BCUT2D eigenvalue weighted by molar-refractivity contribution is 6.09. The number of nitrogens with one attached hydrogen (secondary N) is 1. The third-order valence-corrected chi connectivity index (χ3v) is 4.98. The van der Waals surface area contributed by atoms with E-state index in [1.54, 1.807) is 12.1 Å². The number of hydrogen-bond acceptors (Lipinski definition) is 3. The first kappa shape index (κ1) is 23.6. The maximum atomic E-state index is 12.9. The van der Waals surface area contributed by atoms with Gasteiger partial charge in [0, 0.05) is 24.5 Å². The van der Waals surface area contributed by atoms with Gasteiger partial charge in [-0.2, -0.15) is 18.4 Å². The van der Waals surface area contributed by atoms with Gasteiger partial charge in [0.15, 0.2) is 0 Å². The fraction of sp³-hybridized carbons (Fsp3) is 0.154. The van der Waals surface area contributed by atoms with Crippen LogP contribution >= 0.6 is 0 Å². The van der Waals surface area contributed by atoms with Crippen molar-refractivity contribution in [2.24, 2.45) is 0 Å². The summed E-state index contributed by atoms with van der Waals surface area (Å²) in [5.41, 5.74) is 1.68. The number of nitrogens with zero attached hydrogens (tertiary/aromatic N) is 2. The Morgan fingerprint density at radius 1 is 1.03 bits per heavy atom. The van der Waals surface area contributed by atoms with E-state index in [1.165, 1.54) is 23.8 Å². The van der Waals surface area contributed by atoms with Gasteiger partial charge in [-0.25, -0.2) is 0 Å². The molecular weight excluding hydrogens is 427 g/mol. The molecule has 0 heterocycles. The van der Waals surface area contributed by atoms with Crippen molar-refractivity contribution in [2.45, 2.75) is 19.6 Å². The molecular formula is C26H22F3N3O. The molecule has 0 atom stereocenters. The van der Waals surface area contributed by atoms with Gasteiger partial charge in [-0.1, -0.05) is 48.5 Å². The van der Waals surface area contributed by atoms with Crippen molar-refractivity contribution in [1.29, 1.82) is 5.26 Å². The van der Waals surface area contributed by atoms with Crippen molar-refractivity contribution in [3.05, 3.63) is 101 Å². The van der Waals surface area contributed by atoms with E-state index in [4.69, 9.17) is 0 Å². The Hall–Kier alpha value is -4.05. The number of rotatable bonds is 7. The van der Waals surface area contributed by atoms with Crippen molar-refractivity contribution in [2.75, 3.05) is 16.8 Å². The van der Waals surface area contributed by atoms with Gasteiger partial charge in [0.2, 0.25) is 0 Å². The number of anilines is 2. The van der Waals surface area contributed by atoms with Crippen LogP contribution in [0.5, 0.6) is 0 Å². The van der Waals surface area contributed by atoms with Crippen molar-refractivity contribution in [1.82, 2.24) is 0 Å². The molecule has 1 amide bonds. The molecule has 4 nitrogen and oxygen atoms in total. The molecule has 0 fully saturated rings. The third-order valence-electron chi connectivity index (χ3n) is 4.98. The zero-order valence-corrected chi connectivity index (χ0v) is 17.9. The molecule has 0 bridgehead atoms. The molecule has 3 aromatic carbocycles. The van der Waals surface area contributed by atoms with Crippen LogP contribution in [0.4, 0.5) is 24.5 Å². The number of hydrogen-bond donors (Lipinski definition) is 1. The average Bonchev–Trinajstić information content (AvgIpc) is 2.81. The molecule has 0 unspecified atom stereocenters. The molecule has 0 aliphatic heterocycles. The molecule has 1 N–H and O–H groups in total. The molecule has 0 radical (unpaired) electrons.